The largest absolute Gasteiger partial charge is 0.502 e. The van der Waals surface area contributed by atoms with Crippen molar-refractivity contribution in [3.8, 4) is 85.8 Å². The zero-order valence-corrected chi connectivity index (χ0v) is 50.3. The molecule has 0 bridgehead atoms. The summed E-state index contributed by atoms with van der Waals surface area (Å²) in [4.78, 5) is 22.7. The summed E-state index contributed by atoms with van der Waals surface area (Å²) in [5.41, 5.74) is -1.05. The van der Waals surface area contributed by atoms with Crippen LogP contribution in [-0.2, 0) is 19.3 Å². The quantitative estimate of drug-likeness (QED) is 0.0575. The SMILES string of the molecule is [2H]c1c([2H])c(-c2noc(-c3c([2H])c([2H])c(OC(C)C)c([N+]#[C-])c3[2H])n2)c2c(c1[2H])[C@@H](NC([2H])([2H])CC)C([2H])([2H])C2.[2H]c1c([2H])c(-c2noc(-c3c([2H])c([2H])c(OC(C)C)c([N+]#[C-])c3[2H])n2)c2c(c1[2H])[C@@H](NCCC)C([2H])([2H])C2.[2H]c1c([2H])c(-c2noc(-c3c([2H])c([2H])c(OC(C)C)c([N+]#[C-])c3[2H])n2)c2c(c1[2H])[C@@]([2H])(NC([2H])([2H])C([2H])([2H])C)CC2. The lowest BCUT2D eigenvalue weighted by Gasteiger charge is -2.13. The van der Waals surface area contributed by atoms with E-state index in [4.69, 9.17) is 87.2 Å². The topological polar surface area (TPSA) is 194 Å². The molecule has 3 N–H and O–H groups in total. The van der Waals surface area contributed by atoms with Crippen molar-refractivity contribution in [2.24, 2.45) is 0 Å². The zero-order valence-electron chi connectivity index (χ0n) is 79.3. The molecule has 6 aromatic carbocycles. The lowest BCUT2D eigenvalue weighted by atomic mass is 10.0. The molecular weight excluding hydrogens is 1130 g/mol. The Bertz CT molecular complexity index is 5690. The molecule has 0 radical (unpaired) electrons. The fourth-order valence-electron chi connectivity index (χ4n) is 9.26. The molecule has 90 heavy (non-hydrogen) atoms. The number of aromatic nitrogens is 6. The van der Waals surface area contributed by atoms with E-state index in [0.29, 0.717) is 12.1 Å². The van der Waals surface area contributed by atoms with Crippen molar-refractivity contribution in [2.75, 3.05) is 19.5 Å². The smallest absolute Gasteiger partial charge is 0.256 e. The first kappa shape index (κ1) is 36.2. The molecule has 3 aromatic heterocycles. The maximum atomic E-state index is 8.94. The normalized spacial score (nSPS) is 22.3. The zero-order chi connectivity index (χ0) is 88.8. The van der Waals surface area contributed by atoms with E-state index in [0.717, 1.165) is 13.3 Å². The van der Waals surface area contributed by atoms with Gasteiger partial charge in [-0.1, -0.05) is 90.6 Å². The molecule has 3 atom stereocenters. The molecule has 3 heterocycles. The number of hydrogen-bond donors (Lipinski definition) is 3. The molecular formula is C72H78N12O6. The molecule has 18 heteroatoms. The lowest BCUT2D eigenvalue weighted by Crippen LogP contribution is -2.19. The molecule has 0 amide bonds. The van der Waals surface area contributed by atoms with E-state index in [1.165, 1.54) is 0 Å². The Hall–Kier alpha value is -9.51. The number of nitrogens with one attached hydrogen (secondary N) is 3. The maximum absolute atomic E-state index is 8.94. The van der Waals surface area contributed by atoms with Gasteiger partial charge in [0.15, 0.2) is 0 Å². The van der Waals surface area contributed by atoms with E-state index in [2.05, 4.69) is 60.9 Å². The third-order valence-electron chi connectivity index (χ3n) is 13.1. The summed E-state index contributed by atoms with van der Waals surface area (Å²) >= 11 is 0. The van der Waals surface area contributed by atoms with Gasteiger partial charge in [-0.05, 0) is 206 Å². The van der Waals surface area contributed by atoms with E-state index >= 15 is 0 Å². The number of nitrogens with zero attached hydrogens (tertiary/aromatic N) is 9. The van der Waals surface area contributed by atoms with Gasteiger partial charge >= 0.3 is 0 Å². The third-order valence-corrected chi connectivity index (χ3v) is 13.1. The highest BCUT2D eigenvalue weighted by Crippen LogP contribution is 2.42. The second-order valence-electron chi connectivity index (χ2n) is 20.5. The van der Waals surface area contributed by atoms with Crippen LogP contribution in [0.5, 0.6) is 17.2 Å². The van der Waals surface area contributed by atoms with E-state index < -0.39 is 177 Å². The monoisotopic (exact) mass is 1240 g/mol. The minimum atomic E-state index is -2.68. The summed E-state index contributed by atoms with van der Waals surface area (Å²) in [6, 6.07) is -12.3. The number of fused-ring (bicyclic) bond motifs is 3. The number of hydrogen-bond acceptors (Lipinski definition) is 15. The van der Waals surface area contributed by atoms with Crippen LogP contribution in [0.15, 0.2) is 122 Å². The summed E-state index contributed by atoms with van der Waals surface area (Å²) in [7, 11) is 0. The maximum Gasteiger partial charge on any atom is 0.256 e. The van der Waals surface area contributed by atoms with Gasteiger partial charge < -0.3 is 43.7 Å². The van der Waals surface area contributed by atoms with E-state index in [1.54, 1.807) is 48.5 Å². The van der Waals surface area contributed by atoms with Crippen LogP contribution >= 0.6 is 0 Å². The van der Waals surface area contributed by atoms with Crippen molar-refractivity contribution in [3.05, 3.63) is 176 Å². The van der Waals surface area contributed by atoms with Gasteiger partial charge in [-0.2, -0.15) is 15.0 Å². The Morgan fingerprint density at radius 1 is 0.533 bits per heavy atom. The predicted octanol–water partition coefficient (Wildman–Crippen LogP) is 17.2. The van der Waals surface area contributed by atoms with Crippen LogP contribution in [0.4, 0.5) is 17.1 Å². The first-order valence-electron chi connectivity index (χ1n) is 43.0. The van der Waals surface area contributed by atoms with E-state index in [1.807, 2.05) is 6.92 Å². The fourth-order valence-corrected chi connectivity index (χ4v) is 9.26. The second-order valence-corrected chi connectivity index (χ2v) is 20.5. The van der Waals surface area contributed by atoms with Crippen LogP contribution in [0.1, 0.15) is 192 Å². The average molecular weight is 1240 g/mol. The van der Waals surface area contributed by atoms with Crippen LogP contribution in [0, 0.1) is 19.7 Å². The van der Waals surface area contributed by atoms with Gasteiger partial charge in [0.05, 0.1) is 60.0 Å². The molecule has 3 aliphatic carbocycles. The molecule has 0 unspecified atom stereocenters. The highest BCUT2D eigenvalue weighted by atomic mass is 16.5. The van der Waals surface area contributed by atoms with Gasteiger partial charge in [-0.3, -0.25) is 0 Å². The first-order chi connectivity index (χ1) is 55.3. The van der Waals surface area contributed by atoms with Crippen LogP contribution in [-0.4, -0.2) is 68.3 Å². The number of rotatable bonds is 21. The Morgan fingerprint density at radius 2 is 0.933 bits per heavy atom. The van der Waals surface area contributed by atoms with Gasteiger partial charge in [-0.25, -0.2) is 14.5 Å². The van der Waals surface area contributed by atoms with Gasteiger partial charge in [-0.15, -0.1) is 0 Å². The average Bonchev–Trinajstić information content (AvgIpc) is 1.59. The summed E-state index contributed by atoms with van der Waals surface area (Å²) in [6.45, 7) is 33.0. The van der Waals surface area contributed by atoms with Crippen molar-refractivity contribution >= 4 is 17.1 Å². The van der Waals surface area contributed by atoms with E-state index in [9.17, 15) is 0 Å². The van der Waals surface area contributed by atoms with Gasteiger partial charge in [0.25, 0.3) is 17.7 Å². The van der Waals surface area contributed by atoms with Gasteiger partial charge in [0.1, 0.15) is 17.2 Å². The second kappa shape index (κ2) is 29.7. The van der Waals surface area contributed by atoms with Crippen molar-refractivity contribution < 1.29 is 67.5 Å². The Labute approximate surface area is 568 Å². The molecule has 0 aliphatic heterocycles. The van der Waals surface area contributed by atoms with Crippen LogP contribution in [0.25, 0.3) is 83.1 Å². The van der Waals surface area contributed by atoms with Gasteiger partial charge in [0.2, 0.25) is 34.5 Å². The molecule has 0 fully saturated rings. The summed E-state index contributed by atoms with van der Waals surface area (Å²) in [5, 5.41) is 19.7. The van der Waals surface area contributed by atoms with E-state index in [-0.39, 0.29) is 163 Å². The molecule has 3 aliphatic rings. The Kier molecular flexibility index (Phi) is 11.9. The summed E-state index contributed by atoms with van der Waals surface area (Å²) in [5.74, 6) is -2.44. The van der Waals surface area contributed by atoms with Crippen LogP contribution in [0.2, 0.25) is 0 Å². The van der Waals surface area contributed by atoms with Gasteiger partial charge in [0, 0.05) is 69.3 Å². The minimum Gasteiger partial charge on any atom is -0.502 e. The van der Waals surface area contributed by atoms with Crippen molar-refractivity contribution in [1.82, 2.24) is 46.4 Å². The minimum absolute atomic E-state index is 0.0179. The first-order valence-corrected chi connectivity index (χ1v) is 28.5. The predicted molar refractivity (Wildman–Crippen MR) is 350 cm³/mol. The molecule has 12 rings (SSSR count). The fraction of sp³-hybridized carbons (Fsp3) is 0.375. The number of ether oxygens (including phenoxy) is 3. The number of benzene rings is 6. The molecule has 0 saturated heterocycles. The molecule has 0 spiro atoms. The van der Waals surface area contributed by atoms with Crippen molar-refractivity contribution in [1.29, 1.82) is 0 Å². The van der Waals surface area contributed by atoms with Crippen molar-refractivity contribution in [3.63, 3.8) is 0 Å². The molecule has 18 nitrogen and oxygen atoms in total. The highest BCUT2D eigenvalue weighted by Gasteiger charge is 2.30. The summed E-state index contributed by atoms with van der Waals surface area (Å²) in [6.07, 6.45) is -7.31. The highest BCUT2D eigenvalue weighted by molar-refractivity contribution is 5.74. The summed E-state index contributed by atoms with van der Waals surface area (Å²) < 4.78 is 276. The Morgan fingerprint density at radius 3 is 1.31 bits per heavy atom. The lowest BCUT2D eigenvalue weighted by molar-refractivity contribution is 0.244. The third kappa shape index (κ3) is 14.6. The molecule has 0 saturated carbocycles. The standard InChI is InChI=1S/3C24H26N4O2/c3*1-5-13-26-20-11-10-17-18(20)7-6-8-19(17)23-27-24(30-28-23)16-9-12-22(29-15(2)3)21(14-16)25-4/h3*6-9,12,14-15,20,26H,5,10-11,13H2,1-3H3/t3*20-/m000/s1/i5D2,6D,7D,8D,9D,12D,13D2,14D,20D;6D,7D,8D,9D,11D2,12D,13D2,14D;6D,7D,8D,9D,11D2,12D,14D. The van der Waals surface area contributed by atoms with Crippen molar-refractivity contribution in [2.45, 2.75) is 156 Å². The molecule has 9 aromatic rings. The van der Waals surface area contributed by atoms with Crippen LogP contribution in [0.3, 0.4) is 0 Å². The Balaban J connectivity index is 0.000000188. The van der Waals surface area contributed by atoms with Crippen LogP contribution < -0.4 is 30.2 Å². The molecule has 462 valence electrons.